The zero-order valence-corrected chi connectivity index (χ0v) is 15.5. The normalized spacial score (nSPS) is 16.7. The van der Waals surface area contributed by atoms with E-state index in [-0.39, 0.29) is 5.91 Å². The number of aromatic nitrogens is 1. The maximum Gasteiger partial charge on any atom is 0.258 e. The van der Waals surface area contributed by atoms with Crippen molar-refractivity contribution in [3.63, 3.8) is 0 Å². The summed E-state index contributed by atoms with van der Waals surface area (Å²) in [7, 11) is 0. The van der Waals surface area contributed by atoms with Gasteiger partial charge in [0.05, 0.1) is 11.3 Å². The van der Waals surface area contributed by atoms with Crippen LogP contribution in [0.2, 0.25) is 0 Å². The molecule has 0 spiro atoms. The maximum absolute atomic E-state index is 12.3. The van der Waals surface area contributed by atoms with Gasteiger partial charge in [0.15, 0.2) is 5.13 Å². The largest absolute Gasteiger partial charge is 0.298 e. The van der Waals surface area contributed by atoms with Crippen molar-refractivity contribution >= 4 is 33.7 Å². The van der Waals surface area contributed by atoms with Crippen molar-refractivity contribution in [3.8, 4) is 0 Å². The minimum absolute atomic E-state index is 0.0560. The molecule has 2 aromatic rings. The molecule has 0 saturated carbocycles. The number of anilines is 1. The number of hydrogen-bond acceptors (Lipinski definition) is 5. The van der Waals surface area contributed by atoms with Crippen LogP contribution in [0.15, 0.2) is 11.4 Å². The maximum atomic E-state index is 12.3. The van der Waals surface area contributed by atoms with Gasteiger partial charge < -0.3 is 0 Å². The van der Waals surface area contributed by atoms with E-state index < -0.39 is 0 Å². The zero-order chi connectivity index (χ0) is 16.4. The molecule has 4 nitrogen and oxygen atoms in total. The number of nitrogens with one attached hydrogen (secondary N) is 1. The van der Waals surface area contributed by atoms with Crippen LogP contribution in [0.25, 0.3) is 0 Å². The average Bonchev–Trinajstić information content (AvgIpc) is 3.07. The Bertz CT molecular complexity index is 684. The monoisotopic (exact) mass is 349 g/mol. The van der Waals surface area contributed by atoms with Crippen LogP contribution in [0.1, 0.15) is 45.6 Å². The standard InChI is InChI=1S/C17H23N3OS2/c1-11-4-6-20(7-5-11)9-14-10-22-17(18-14)19-16(21)15-8-12(2)23-13(15)3/h8,10-11H,4-7,9H2,1-3H3,(H,18,19,21). The SMILES string of the molecule is Cc1cc(C(=O)Nc2nc(CN3CCC(C)CC3)cs2)c(C)s1. The summed E-state index contributed by atoms with van der Waals surface area (Å²) in [5.41, 5.74) is 1.81. The third-order valence-corrected chi connectivity index (χ3v) is 6.09. The molecule has 0 atom stereocenters. The van der Waals surface area contributed by atoms with Gasteiger partial charge in [0.1, 0.15) is 0 Å². The van der Waals surface area contributed by atoms with Crippen LogP contribution in [0.5, 0.6) is 0 Å². The van der Waals surface area contributed by atoms with E-state index in [0.717, 1.165) is 46.6 Å². The number of likely N-dealkylation sites (tertiary alicyclic amines) is 1. The third kappa shape index (κ3) is 4.19. The fourth-order valence-corrected chi connectivity index (χ4v) is 4.52. The van der Waals surface area contributed by atoms with Crippen LogP contribution in [-0.2, 0) is 6.54 Å². The van der Waals surface area contributed by atoms with Gasteiger partial charge in [-0.2, -0.15) is 0 Å². The molecule has 3 heterocycles. The molecule has 1 fully saturated rings. The fourth-order valence-electron chi connectivity index (χ4n) is 2.91. The number of carbonyl (C=O) groups excluding carboxylic acids is 1. The van der Waals surface area contributed by atoms with Crippen molar-refractivity contribution in [2.24, 2.45) is 5.92 Å². The highest BCUT2D eigenvalue weighted by atomic mass is 32.1. The van der Waals surface area contributed by atoms with Gasteiger partial charge in [0, 0.05) is 21.7 Å². The Morgan fingerprint density at radius 1 is 1.39 bits per heavy atom. The molecule has 6 heteroatoms. The third-order valence-electron chi connectivity index (χ3n) is 4.32. The summed E-state index contributed by atoms with van der Waals surface area (Å²) < 4.78 is 0. The second-order valence-corrected chi connectivity index (χ2v) is 8.70. The van der Waals surface area contributed by atoms with Crippen LogP contribution in [0, 0.1) is 19.8 Å². The Balaban J connectivity index is 1.59. The van der Waals surface area contributed by atoms with Crippen molar-refractivity contribution < 1.29 is 4.79 Å². The molecule has 124 valence electrons. The Morgan fingerprint density at radius 2 is 2.13 bits per heavy atom. The molecule has 3 rings (SSSR count). The van der Waals surface area contributed by atoms with Gasteiger partial charge in [0.25, 0.3) is 5.91 Å². The van der Waals surface area contributed by atoms with Gasteiger partial charge in [-0.25, -0.2) is 4.98 Å². The highest BCUT2D eigenvalue weighted by Gasteiger charge is 2.18. The molecule has 1 aliphatic heterocycles. The van der Waals surface area contributed by atoms with Crippen molar-refractivity contribution in [1.82, 2.24) is 9.88 Å². The first-order valence-electron chi connectivity index (χ1n) is 8.06. The van der Waals surface area contributed by atoms with Crippen molar-refractivity contribution in [2.75, 3.05) is 18.4 Å². The quantitative estimate of drug-likeness (QED) is 0.895. The molecular weight excluding hydrogens is 326 g/mol. The summed E-state index contributed by atoms with van der Waals surface area (Å²) >= 11 is 3.16. The van der Waals surface area contributed by atoms with Crippen molar-refractivity contribution in [1.29, 1.82) is 0 Å². The number of rotatable bonds is 4. The number of piperidine rings is 1. The molecule has 0 unspecified atom stereocenters. The second-order valence-electron chi connectivity index (χ2n) is 6.38. The molecule has 1 amide bonds. The second kappa shape index (κ2) is 7.11. The van der Waals surface area contributed by atoms with Gasteiger partial charge in [0.2, 0.25) is 0 Å². The Kier molecular flexibility index (Phi) is 5.14. The van der Waals surface area contributed by atoms with Crippen LogP contribution in [0.4, 0.5) is 5.13 Å². The average molecular weight is 350 g/mol. The Hall–Kier alpha value is -1.24. The van der Waals surface area contributed by atoms with Gasteiger partial charge in [-0.15, -0.1) is 22.7 Å². The summed E-state index contributed by atoms with van der Waals surface area (Å²) in [4.78, 5) is 21.6. The van der Waals surface area contributed by atoms with Gasteiger partial charge >= 0.3 is 0 Å². The number of amides is 1. The van der Waals surface area contributed by atoms with Crippen LogP contribution >= 0.6 is 22.7 Å². The van der Waals surface area contributed by atoms with Gasteiger partial charge in [-0.3, -0.25) is 15.0 Å². The minimum Gasteiger partial charge on any atom is -0.298 e. The molecule has 0 aromatic carbocycles. The first kappa shape index (κ1) is 16.6. The summed E-state index contributed by atoms with van der Waals surface area (Å²) in [6, 6.07) is 1.94. The Labute approximate surface area is 145 Å². The molecule has 1 N–H and O–H groups in total. The number of thiophene rings is 1. The van der Waals surface area contributed by atoms with E-state index in [2.05, 4.69) is 27.5 Å². The first-order valence-corrected chi connectivity index (χ1v) is 9.76. The molecule has 2 aromatic heterocycles. The highest BCUT2D eigenvalue weighted by molar-refractivity contribution is 7.14. The lowest BCUT2D eigenvalue weighted by Crippen LogP contribution is -2.32. The lowest BCUT2D eigenvalue weighted by atomic mass is 9.99. The summed E-state index contributed by atoms with van der Waals surface area (Å²) in [6.07, 6.45) is 2.54. The summed E-state index contributed by atoms with van der Waals surface area (Å²) in [6.45, 7) is 9.51. The lowest BCUT2D eigenvalue weighted by molar-refractivity contribution is 0.102. The number of thiazole rings is 1. The highest BCUT2D eigenvalue weighted by Crippen LogP contribution is 2.24. The smallest absolute Gasteiger partial charge is 0.258 e. The van der Waals surface area contributed by atoms with Gasteiger partial charge in [-0.05, 0) is 51.8 Å². The van der Waals surface area contributed by atoms with E-state index in [9.17, 15) is 4.79 Å². The van der Waals surface area contributed by atoms with E-state index in [4.69, 9.17) is 0 Å². The van der Waals surface area contributed by atoms with Crippen LogP contribution < -0.4 is 5.32 Å². The Morgan fingerprint density at radius 3 is 2.78 bits per heavy atom. The predicted molar refractivity (Wildman–Crippen MR) is 97.5 cm³/mol. The molecule has 0 bridgehead atoms. The first-order chi connectivity index (χ1) is 11.0. The molecule has 1 saturated heterocycles. The summed E-state index contributed by atoms with van der Waals surface area (Å²) in [5.74, 6) is 0.786. The number of aryl methyl sites for hydroxylation is 2. The minimum atomic E-state index is -0.0560. The molecule has 0 radical (unpaired) electrons. The molecule has 23 heavy (non-hydrogen) atoms. The van der Waals surface area contributed by atoms with E-state index in [1.165, 1.54) is 24.2 Å². The molecule has 1 aliphatic rings. The topological polar surface area (TPSA) is 45.2 Å². The van der Waals surface area contributed by atoms with Crippen LogP contribution in [-0.4, -0.2) is 28.9 Å². The van der Waals surface area contributed by atoms with E-state index in [1.54, 1.807) is 11.3 Å². The lowest BCUT2D eigenvalue weighted by Gasteiger charge is -2.29. The number of hydrogen-bond donors (Lipinski definition) is 1. The molecule has 0 aliphatic carbocycles. The van der Waals surface area contributed by atoms with E-state index in [1.807, 2.05) is 19.9 Å². The fraction of sp³-hybridized carbons (Fsp3) is 0.529. The van der Waals surface area contributed by atoms with Gasteiger partial charge in [-0.1, -0.05) is 6.92 Å². The number of nitrogens with zero attached hydrogens (tertiary/aromatic N) is 2. The number of carbonyl (C=O) groups is 1. The molecular formula is C17H23N3OS2. The van der Waals surface area contributed by atoms with Crippen molar-refractivity contribution in [2.45, 2.75) is 40.2 Å². The predicted octanol–water partition coefficient (Wildman–Crippen LogP) is 4.31. The van der Waals surface area contributed by atoms with Crippen molar-refractivity contribution in [3.05, 3.63) is 32.5 Å². The zero-order valence-electron chi connectivity index (χ0n) is 13.9. The van der Waals surface area contributed by atoms with E-state index >= 15 is 0 Å². The van der Waals surface area contributed by atoms with Crippen LogP contribution in [0.3, 0.4) is 0 Å². The van der Waals surface area contributed by atoms with E-state index in [0.29, 0.717) is 5.13 Å². The summed E-state index contributed by atoms with van der Waals surface area (Å²) in [5, 5.41) is 5.68.